The topological polar surface area (TPSA) is 88.2 Å². The number of hydrogen-bond acceptors (Lipinski definition) is 7. The van der Waals surface area contributed by atoms with Crippen LogP contribution in [0.3, 0.4) is 0 Å². The number of benzene rings is 1. The molecule has 0 amide bonds. The van der Waals surface area contributed by atoms with Crippen LogP contribution in [0.5, 0.6) is 0 Å². The fourth-order valence-electron chi connectivity index (χ4n) is 3.33. The predicted molar refractivity (Wildman–Crippen MR) is 116 cm³/mol. The van der Waals surface area contributed by atoms with Gasteiger partial charge in [0.15, 0.2) is 5.82 Å². The van der Waals surface area contributed by atoms with E-state index in [4.69, 9.17) is 14.5 Å². The van der Waals surface area contributed by atoms with E-state index in [1.54, 1.807) is 18.3 Å². The van der Waals surface area contributed by atoms with Crippen molar-refractivity contribution < 1.29 is 13.9 Å². The molecule has 0 radical (unpaired) electrons. The van der Waals surface area contributed by atoms with Crippen molar-refractivity contribution >= 4 is 5.95 Å². The molecular formula is C22H27FN6O2. The number of ether oxygens (including phenoxy) is 2. The monoisotopic (exact) mass is 426 g/mol. The normalized spacial score (nSPS) is 14.8. The number of imidazole rings is 1. The van der Waals surface area contributed by atoms with Gasteiger partial charge in [-0.1, -0.05) is 0 Å². The van der Waals surface area contributed by atoms with Crippen LogP contribution in [0.15, 0.2) is 36.5 Å². The van der Waals surface area contributed by atoms with Gasteiger partial charge < -0.3 is 24.7 Å². The maximum absolute atomic E-state index is 13.5. The van der Waals surface area contributed by atoms with E-state index < -0.39 is 6.29 Å². The molecule has 31 heavy (non-hydrogen) atoms. The molecule has 2 N–H and O–H groups in total. The van der Waals surface area contributed by atoms with Gasteiger partial charge in [-0.25, -0.2) is 19.3 Å². The average molecular weight is 426 g/mol. The molecule has 0 unspecified atom stereocenters. The number of nitrogens with one attached hydrogen (secondary N) is 2. The van der Waals surface area contributed by atoms with Crippen molar-refractivity contribution in [3.63, 3.8) is 0 Å². The minimum Gasteiger partial charge on any atom is -0.354 e. The Kier molecular flexibility index (Phi) is 6.86. The molecule has 3 heterocycles. The highest BCUT2D eigenvalue weighted by Gasteiger charge is 2.24. The summed E-state index contributed by atoms with van der Waals surface area (Å²) in [5, 5.41) is 3.26. The number of H-pyrrole nitrogens is 1. The molecule has 1 fully saturated rings. The Morgan fingerprint density at radius 2 is 1.90 bits per heavy atom. The van der Waals surface area contributed by atoms with E-state index >= 15 is 0 Å². The molecule has 3 aromatic rings. The van der Waals surface area contributed by atoms with Crippen LogP contribution in [-0.2, 0) is 9.47 Å². The number of halogens is 1. The van der Waals surface area contributed by atoms with Gasteiger partial charge in [0.05, 0.1) is 30.3 Å². The van der Waals surface area contributed by atoms with Gasteiger partial charge >= 0.3 is 0 Å². The maximum atomic E-state index is 13.5. The molecule has 8 nitrogen and oxygen atoms in total. The van der Waals surface area contributed by atoms with Gasteiger partial charge in [-0.2, -0.15) is 0 Å². The number of aromatic nitrogens is 4. The van der Waals surface area contributed by atoms with Crippen molar-refractivity contribution in [3.05, 3.63) is 48.2 Å². The first-order valence-corrected chi connectivity index (χ1v) is 10.4. The fraction of sp³-hybridized carbons (Fsp3) is 0.409. The smallest absolute Gasteiger partial charge is 0.223 e. The third-order valence-corrected chi connectivity index (χ3v) is 4.87. The van der Waals surface area contributed by atoms with Gasteiger partial charge in [0.25, 0.3) is 0 Å². The molecule has 1 aliphatic rings. The summed E-state index contributed by atoms with van der Waals surface area (Å²) < 4.78 is 24.9. The zero-order valence-electron chi connectivity index (χ0n) is 17.8. The third kappa shape index (κ3) is 5.43. The molecule has 1 saturated heterocycles. The van der Waals surface area contributed by atoms with Gasteiger partial charge in [-0.15, -0.1) is 0 Å². The van der Waals surface area contributed by atoms with Crippen LogP contribution in [0.25, 0.3) is 22.6 Å². The minimum absolute atomic E-state index is 0.300. The standard InChI is InChI=1S/C22H27FN6O2/c1-29(2)12-3-10-24-22-25-11-9-17(26-22)19-18(15-5-7-16(23)8-6-15)27-20(28-19)21-30-13-4-14-31-21/h5-9,11,21H,3-4,10,12-14H2,1-2H3,(H,27,28)(H,24,25,26). The molecule has 2 aromatic heterocycles. The van der Waals surface area contributed by atoms with Crippen LogP contribution in [0.2, 0.25) is 0 Å². The van der Waals surface area contributed by atoms with Gasteiger partial charge in [0, 0.05) is 18.3 Å². The Balaban J connectivity index is 1.63. The van der Waals surface area contributed by atoms with E-state index in [1.165, 1.54) is 12.1 Å². The second kappa shape index (κ2) is 9.95. The lowest BCUT2D eigenvalue weighted by Crippen LogP contribution is -2.18. The van der Waals surface area contributed by atoms with Crippen LogP contribution in [-0.4, -0.2) is 65.2 Å². The first kappa shape index (κ1) is 21.4. The zero-order valence-corrected chi connectivity index (χ0v) is 17.8. The highest BCUT2D eigenvalue weighted by Crippen LogP contribution is 2.32. The van der Waals surface area contributed by atoms with Gasteiger partial charge in [0.1, 0.15) is 5.82 Å². The number of aromatic amines is 1. The Labute approximate surface area is 180 Å². The number of nitrogens with zero attached hydrogens (tertiary/aromatic N) is 4. The van der Waals surface area contributed by atoms with Gasteiger partial charge in [0.2, 0.25) is 12.2 Å². The van der Waals surface area contributed by atoms with E-state index in [9.17, 15) is 4.39 Å². The Morgan fingerprint density at radius 1 is 1.13 bits per heavy atom. The lowest BCUT2D eigenvalue weighted by molar-refractivity contribution is -0.186. The van der Waals surface area contributed by atoms with Crippen LogP contribution < -0.4 is 5.32 Å². The molecule has 4 rings (SSSR count). The van der Waals surface area contributed by atoms with Crippen LogP contribution >= 0.6 is 0 Å². The lowest BCUT2D eigenvalue weighted by atomic mass is 10.1. The number of rotatable bonds is 8. The van der Waals surface area contributed by atoms with Gasteiger partial charge in [-0.3, -0.25) is 0 Å². The first-order chi connectivity index (χ1) is 15.1. The molecule has 0 spiro atoms. The van der Waals surface area contributed by atoms with Crippen molar-refractivity contribution in [3.8, 4) is 22.6 Å². The second-order valence-corrected chi connectivity index (χ2v) is 7.63. The largest absolute Gasteiger partial charge is 0.354 e. The van der Waals surface area contributed by atoms with Crippen molar-refractivity contribution in [2.45, 2.75) is 19.1 Å². The van der Waals surface area contributed by atoms with Crippen molar-refractivity contribution in [2.24, 2.45) is 0 Å². The summed E-state index contributed by atoms with van der Waals surface area (Å²) in [6, 6.07) is 8.04. The van der Waals surface area contributed by atoms with E-state index in [1.807, 2.05) is 20.2 Å². The first-order valence-electron chi connectivity index (χ1n) is 10.4. The van der Waals surface area contributed by atoms with Gasteiger partial charge in [-0.05, 0) is 63.8 Å². The summed E-state index contributed by atoms with van der Waals surface area (Å²) in [5.41, 5.74) is 2.82. The van der Waals surface area contributed by atoms with Crippen molar-refractivity contribution in [1.82, 2.24) is 24.8 Å². The summed E-state index contributed by atoms with van der Waals surface area (Å²) in [4.78, 5) is 19.1. The summed E-state index contributed by atoms with van der Waals surface area (Å²) in [6.07, 6.45) is 2.97. The fourth-order valence-corrected chi connectivity index (χ4v) is 3.33. The minimum atomic E-state index is -0.563. The Bertz CT molecular complexity index is 986. The molecule has 164 valence electrons. The van der Waals surface area contributed by atoms with E-state index in [0.29, 0.717) is 42.1 Å². The molecule has 9 heteroatoms. The molecule has 0 atom stereocenters. The Morgan fingerprint density at radius 3 is 2.65 bits per heavy atom. The van der Waals surface area contributed by atoms with Crippen molar-refractivity contribution in [2.75, 3.05) is 45.7 Å². The number of anilines is 1. The summed E-state index contributed by atoms with van der Waals surface area (Å²) >= 11 is 0. The zero-order chi connectivity index (χ0) is 21.6. The molecule has 0 saturated carbocycles. The van der Waals surface area contributed by atoms with E-state index in [-0.39, 0.29) is 5.82 Å². The lowest BCUT2D eigenvalue weighted by Gasteiger charge is -2.21. The molecule has 0 bridgehead atoms. The SMILES string of the molecule is CN(C)CCCNc1nccc(-c2[nH]c(C3OCCCO3)nc2-c2ccc(F)cc2)n1. The molecule has 0 aliphatic carbocycles. The quantitative estimate of drug-likeness (QED) is 0.533. The Hall–Kier alpha value is -2.88. The summed E-state index contributed by atoms with van der Waals surface area (Å²) in [6.45, 7) is 2.97. The van der Waals surface area contributed by atoms with Crippen molar-refractivity contribution in [1.29, 1.82) is 0 Å². The highest BCUT2D eigenvalue weighted by atomic mass is 19.1. The average Bonchev–Trinajstić information content (AvgIpc) is 3.23. The predicted octanol–water partition coefficient (Wildman–Crippen LogP) is 3.47. The maximum Gasteiger partial charge on any atom is 0.223 e. The van der Waals surface area contributed by atoms with Crippen LogP contribution in [0.4, 0.5) is 10.3 Å². The van der Waals surface area contributed by atoms with Crippen LogP contribution in [0, 0.1) is 5.82 Å². The summed E-state index contributed by atoms with van der Waals surface area (Å²) in [7, 11) is 4.09. The molecule has 1 aliphatic heterocycles. The molecular weight excluding hydrogens is 399 g/mol. The van der Waals surface area contributed by atoms with E-state index in [0.717, 1.165) is 31.5 Å². The van der Waals surface area contributed by atoms with E-state index in [2.05, 4.69) is 25.2 Å². The highest BCUT2D eigenvalue weighted by molar-refractivity contribution is 5.77. The third-order valence-electron chi connectivity index (χ3n) is 4.87. The second-order valence-electron chi connectivity index (χ2n) is 7.63. The molecule has 1 aromatic carbocycles. The van der Waals surface area contributed by atoms with Crippen LogP contribution in [0.1, 0.15) is 25.0 Å². The number of hydrogen-bond donors (Lipinski definition) is 2. The summed E-state index contributed by atoms with van der Waals surface area (Å²) in [5.74, 6) is 0.807.